The molecule has 1 aromatic heterocycles. The lowest BCUT2D eigenvalue weighted by molar-refractivity contribution is -0.384. The molecule has 1 amide bonds. The van der Waals surface area contributed by atoms with Gasteiger partial charge in [-0.15, -0.1) is 10.2 Å². The van der Waals surface area contributed by atoms with Crippen molar-refractivity contribution in [3.63, 3.8) is 0 Å². The highest BCUT2D eigenvalue weighted by molar-refractivity contribution is 7.99. The number of carbonyl (C=O) groups excluding carboxylic acids is 2. The number of nitrogens with zero attached hydrogens (tertiary/aromatic N) is 3. The predicted molar refractivity (Wildman–Crippen MR) is 111 cm³/mol. The van der Waals surface area contributed by atoms with Gasteiger partial charge < -0.3 is 14.5 Å². The first-order valence-corrected chi connectivity index (χ1v) is 10.1. The van der Waals surface area contributed by atoms with Crippen LogP contribution in [0.1, 0.15) is 5.56 Å². The van der Waals surface area contributed by atoms with Crippen molar-refractivity contribution in [3.8, 4) is 11.5 Å². The van der Waals surface area contributed by atoms with Crippen LogP contribution < -0.4 is 5.32 Å². The highest BCUT2D eigenvalue weighted by Gasteiger charge is 2.22. The van der Waals surface area contributed by atoms with Crippen LogP contribution >= 0.6 is 11.8 Å². The van der Waals surface area contributed by atoms with Crippen LogP contribution in [0.5, 0.6) is 0 Å². The van der Waals surface area contributed by atoms with E-state index in [4.69, 9.17) is 9.15 Å². The quantitative estimate of drug-likeness (QED) is 0.229. The van der Waals surface area contributed by atoms with Crippen molar-refractivity contribution in [2.24, 2.45) is 0 Å². The van der Waals surface area contributed by atoms with E-state index in [1.165, 1.54) is 25.3 Å². The van der Waals surface area contributed by atoms with Crippen LogP contribution in [0, 0.1) is 10.1 Å². The summed E-state index contributed by atoms with van der Waals surface area (Å²) in [7, 11) is 1.26. The van der Waals surface area contributed by atoms with Crippen molar-refractivity contribution >= 4 is 29.3 Å². The van der Waals surface area contributed by atoms with Gasteiger partial charge in [0, 0.05) is 24.1 Å². The Hall–Kier alpha value is -3.73. The molecule has 31 heavy (non-hydrogen) atoms. The van der Waals surface area contributed by atoms with Crippen LogP contribution in [-0.2, 0) is 20.7 Å². The molecular formula is C20H18N4O6S. The third kappa shape index (κ3) is 6.12. The lowest BCUT2D eigenvalue weighted by Gasteiger charge is -2.16. The monoisotopic (exact) mass is 442 g/mol. The van der Waals surface area contributed by atoms with Crippen molar-refractivity contribution in [1.82, 2.24) is 15.5 Å². The van der Waals surface area contributed by atoms with Gasteiger partial charge >= 0.3 is 5.97 Å². The fourth-order valence-electron chi connectivity index (χ4n) is 2.69. The van der Waals surface area contributed by atoms with E-state index < -0.39 is 22.8 Å². The number of methoxy groups -OCH3 is 1. The van der Waals surface area contributed by atoms with E-state index >= 15 is 0 Å². The molecular weight excluding hydrogens is 424 g/mol. The smallest absolute Gasteiger partial charge is 0.328 e. The van der Waals surface area contributed by atoms with Gasteiger partial charge in [-0.2, -0.15) is 0 Å². The fourth-order valence-corrected chi connectivity index (χ4v) is 3.26. The number of amides is 1. The topological polar surface area (TPSA) is 137 Å². The van der Waals surface area contributed by atoms with Crippen LogP contribution in [0.25, 0.3) is 11.5 Å². The van der Waals surface area contributed by atoms with E-state index in [0.29, 0.717) is 12.0 Å². The highest BCUT2D eigenvalue weighted by atomic mass is 32.2. The van der Waals surface area contributed by atoms with Crippen molar-refractivity contribution < 1.29 is 23.7 Å². The van der Waals surface area contributed by atoms with Gasteiger partial charge in [-0.3, -0.25) is 14.9 Å². The number of hydrogen-bond donors (Lipinski definition) is 1. The predicted octanol–water partition coefficient (Wildman–Crippen LogP) is 2.64. The summed E-state index contributed by atoms with van der Waals surface area (Å²) < 4.78 is 10.2. The average molecular weight is 442 g/mol. The molecule has 0 radical (unpaired) electrons. The number of hydrogen-bond acceptors (Lipinski definition) is 9. The van der Waals surface area contributed by atoms with Crippen LogP contribution in [0.15, 0.2) is 64.2 Å². The van der Waals surface area contributed by atoms with Crippen molar-refractivity contribution in [3.05, 3.63) is 70.3 Å². The summed E-state index contributed by atoms with van der Waals surface area (Å²) >= 11 is 0.984. The molecule has 1 heterocycles. The Labute approximate surface area is 181 Å². The minimum atomic E-state index is -0.830. The van der Waals surface area contributed by atoms with Gasteiger partial charge in [-0.1, -0.05) is 48.2 Å². The molecule has 11 heteroatoms. The van der Waals surface area contributed by atoms with Crippen LogP contribution in [-0.4, -0.2) is 45.9 Å². The minimum absolute atomic E-state index is 0.0706. The molecule has 3 rings (SSSR count). The third-order valence-corrected chi connectivity index (χ3v) is 4.96. The second kappa shape index (κ2) is 10.3. The van der Waals surface area contributed by atoms with Crippen molar-refractivity contribution in [2.45, 2.75) is 17.7 Å². The number of thioether (sulfide) groups is 1. The number of rotatable bonds is 9. The lowest BCUT2D eigenvalue weighted by atomic mass is 10.1. The summed E-state index contributed by atoms with van der Waals surface area (Å²) in [6, 6.07) is 14.2. The molecule has 0 saturated carbocycles. The number of non-ortho nitro benzene ring substituents is 1. The molecule has 3 aromatic rings. The summed E-state index contributed by atoms with van der Waals surface area (Å²) in [6.07, 6.45) is 0.293. The highest BCUT2D eigenvalue weighted by Crippen LogP contribution is 2.25. The molecule has 10 nitrogen and oxygen atoms in total. The van der Waals surface area contributed by atoms with Crippen molar-refractivity contribution in [2.75, 3.05) is 12.9 Å². The van der Waals surface area contributed by atoms with Gasteiger partial charge in [0.2, 0.25) is 11.8 Å². The Kier molecular flexibility index (Phi) is 7.33. The largest absolute Gasteiger partial charge is 0.467 e. The Balaban J connectivity index is 1.59. The number of esters is 1. The normalized spacial score (nSPS) is 11.5. The summed E-state index contributed by atoms with van der Waals surface area (Å²) in [4.78, 5) is 34.7. The Morgan fingerprint density at radius 1 is 1.19 bits per heavy atom. The SMILES string of the molecule is COC(=O)C(Cc1ccccc1)NC(=O)CSc1nnc(-c2cccc([N+](=O)[O-])c2)o1. The van der Waals surface area contributed by atoms with E-state index in [0.717, 1.165) is 17.3 Å². The molecule has 0 aliphatic heterocycles. The summed E-state index contributed by atoms with van der Waals surface area (Å²) in [5.74, 6) is -0.929. The van der Waals surface area contributed by atoms with E-state index in [1.54, 1.807) is 6.07 Å². The van der Waals surface area contributed by atoms with Gasteiger partial charge in [0.25, 0.3) is 10.9 Å². The standard InChI is InChI=1S/C20H18N4O6S/c1-29-19(26)16(10-13-6-3-2-4-7-13)21-17(25)12-31-20-23-22-18(30-20)14-8-5-9-15(11-14)24(27)28/h2-9,11,16H,10,12H2,1H3,(H,21,25). The molecule has 0 aliphatic carbocycles. The Morgan fingerprint density at radius 2 is 1.97 bits per heavy atom. The van der Waals surface area contributed by atoms with E-state index in [1.807, 2.05) is 30.3 Å². The van der Waals surface area contributed by atoms with Gasteiger partial charge in [0.15, 0.2) is 0 Å². The van der Waals surface area contributed by atoms with Gasteiger partial charge in [-0.05, 0) is 11.6 Å². The van der Waals surface area contributed by atoms with Crippen LogP contribution in [0.4, 0.5) is 5.69 Å². The van der Waals surface area contributed by atoms with Gasteiger partial charge in [-0.25, -0.2) is 4.79 Å². The number of aromatic nitrogens is 2. The Morgan fingerprint density at radius 3 is 2.68 bits per heavy atom. The van der Waals surface area contributed by atoms with Gasteiger partial charge in [0.05, 0.1) is 17.8 Å². The average Bonchev–Trinajstić information content (AvgIpc) is 3.26. The number of ether oxygens (including phenoxy) is 1. The van der Waals surface area contributed by atoms with E-state index in [-0.39, 0.29) is 22.6 Å². The van der Waals surface area contributed by atoms with E-state index in [2.05, 4.69) is 15.5 Å². The molecule has 1 N–H and O–H groups in total. The van der Waals surface area contributed by atoms with Crippen molar-refractivity contribution in [1.29, 1.82) is 0 Å². The lowest BCUT2D eigenvalue weighted by Crippen LogP contribution is -2.43. The second-order valence-corrected chi connectivity index (χ2v) is 7.23. The molecule has 2 aromatic carbocycles. The maximum absolute atomic E-state index is 12.3. The minimum Gasteiger partial charge on any atom is -0.467 e. The molecule has 0 bridgehead atoms. The zero-order chi connectivity index (χ0) is 22.2. The molecule has 0 aliphatic rings. The molecule has 1 unspecified atom stereocenters. The van der Waals surface area contributed by atoms with Gasteiger partial charge in [0.1, 0.15) is 6.04 Å². The summed E-state index contributed by atoms with van der Waals surface area (Å²) in [5, 5.41) is 21.4. The molecule has 0 saturated heterocycles. The fraction of sp³-hybridized carbons (Fsp3) is 0.200. The number of nitro benzene ring substituents is 1. The summed E-state index contributed by atoms with van der Waals surface area (Å²) in [6.45, 7) is 0. The van der Waals surface area contributed by atoms with Crippen LogP contribution in [0.2, 0.25) is 0 Å². The van der Waals surface area contributed by atoms with Crippen LogP contribution in [0.3, 0.4) is 0 Å². The third-order valence-electron chi connectivity index (χ3n) is 4.14. The maximum Gasteiger partial charge on any atom is 0.328 e. The molecule has 0 spiro atoms. The number of carbonyl (C=O) groups is 2. The molecule has 160 valence electrons. The zero-order valence-electron chi connectivity index (χ0n) is 16.4. The second-order valence-electron chi connectivity index (χ2n) is 6.30. The maximum atomic E-state index is 12.3. The zero-order valence-corrected chi connectivity index (χ0v) is 17.2. The Bertz CT molecular complexity index is 1070. The van der Waals surface area contributed by atoms with E-state index in [9.17, 15) is 19.7 Å². The molecule has 0 fully saturated rings. The molecule has 1 atom stereocenters. The first-order chi connectivity index (χ1) is 15.0. The summed E-state index contributed by atoms with van der Waals surface area (Å²) in [5.41, 5.74) is 1.17. The first kappa shape index (κ1) is 22.0. The number of nitrogens with one attached hydrogen (secondary N) is 1. The first-order valence-electron chi connectivity index (χ1n) is 9.08. The number of nitro groups is 1. The number of benzene rings is 2.